The molecule has 0 N–H and O–H groups in total. The monoisotopic (exact) mass is 456 g/mol. The van der Waals surface area contributed by atoms with E-state index in [0.29, 0.717) is 29.5 Å². The number of hydrogen-bond donors (Lipinski definition) is 0. The molecular formula is C29H32F4. The normalized spacial score (nSPS) is 12.5. The zero-order valence-corrected chi connectivity index (χ0v) is 20.2. The van der Waals surface area contributed by atoms with Crippen molar-refractivity contribution in [2.75, 3.05) is 0 Å². The molecule has 3 rings (SSSR count). The number of halogens is 4. The summed E-state index contributed by atoms with van der Waals surface area (Å²) in [6, 6.07) is 13.7. The van der Waals surface area contributed by atoms with Crippen LogP contribution in [-0.2, 0) is 23.7 Å². The van der Waals surface area contributed by atoms with E-state index in [1.165, 1.54) is 12.1 Å². The standard InChI is InChI=1S/C29H32F4/c1-18(2)20-8-9-21(26(32)14-20)17-29(5,6)23-11-7-19(13-27(23)33)16-28(3,4)24-15-22(30)10-12-25(24)31/h7-15,18H,16-17H2,1-6H3. The van der Waals surface area contributed by atoms with Gasteiger partial charge >= 0.3 is 0 Å². The van der Waals surface area contributed by atoms with Crippen molar-refractivity contribution in [2.24, 2.45) is 0 Å². The summed E-state index contributed by atoms with van der Waals surface area (Å²) >= 11 is 0. The topological polar surface area (TPSA) is 0 Å². The summed E-state index contributed by atoms with van der Waals surface area (Å²) in [6.45, 7) is 11.4. The van der Waals surface area contributed by atoms with E-state index in [1.807, 2.05) is 53.7 Å². The van der Waals surface area contributed by atoms with E-state index in [0.717, 1.165) is 17.7 Å². The predicted molar refractivity (Wildman–Crippen MR) is 127 cm³/mol. The molecule has 0 nitrogen and oxygen atoms in total. The van der Waals surface area contributed by atoms with Gasteiger partial charge in [-0.25, -0.2) is 17.6 Å². The van der Waals surface area contributed by atoms with Gasteiger partial charge in [-0.05, 0) is 87.7 Å². The molecule has 0 fully saturated rings. The fourth-order valence-corrected chi connectivity index (χ4v) is 4.48. The van der Waals surface area contributed by atoms with Crippen LogP contribution in [0, 0.1) is 23.3 Å². The molecule has 0 spiro atoms. The lowest BCUT2D eigenvalue weighted by Crippen LogP contribution is -2.24. The summed E-state index contributed by atoms with van der Waals surface area (Å²) in [5.74, 6) is -1.41. The van der Waals surface area contributed by atoms with Crippen LogP contribution in [-0.4, -0.2) is 0 Å². The Bertz CT molecular complexity index is 1140. The molecule has 4 heteroatoms. The molecule has 3 aromatic rings. The van der Waals surface area contributed by atoms with Crippen molar-refractivity contribution in [1.29, 1.82) is 0 Å². The molecule has 0 aliphatic heterocycles. The fraction of sp³-hybridized carbons (Fsp3) is 0.379. The molecule has 3 aromatic carbocycles. The molecule has 0 saturated heterocycles. The van der Waals surface area contributed by atoms with Gasteiger partial charge in [-0.2, -0.15) is 0 Å². The van der Waals surface area contributed by atoms with Crippen LogP contribution in [0.4, 0.5) is 17.6 Å². The third kappa shape index (κ3) is 5.66. The van der Waals surface area contributed by atoms with Crippen LogP contribution in [0.1, 0.15) is 75.3 Å². The fourth-order valence-electron chi connectivity index (χ4n) is 4.48. The Morgan fingerprint density at radius 2 is 1.30 bits per heavy atom. The molecule has 0 aliphatic rings. The molecule has 0 radical (unpaired) electrons. The minimum atomic E-state index is -0.725. The molecule has 33 heavy (non-hydrogen) atoms. The number of hydrogen-bond acceptors (Lipinski definition) is 0. The van der Waals surface area contributed by atoms with E-state index in [2.05, 4.69) is 0 Å². The smallest absolute Gasteiger partial charge is 0.127 e. The van der Waals surface area contributed by atoms with Crippen LogP contribution in [0.3, 0.4) is 0 Å². The Labute approximate surface area is 194 Å². The maximum atomic E-state index is 15.2. The van der Waals surface area contributed by atoms with E-state index in [9.17, 15) is 13.2 Å². The van der Waals surface area contributed by atoms with Gasteiger partial charge in [0.25, 0.3) is 0 Å². The van der Waals surface area contributed by atoms with Crippen LogP contribution in [0.5, 0.6) is 0 Å². The first-order valence-electron chi connectivity index (χ1n) is 11.3. The Hall–Kier alpha value is -2.62. The highest BCUT2D eigenvalue weighted by molar-refractivity contribution is 5.36. The second-order valence-corrected chi connectivity index (χ2v) is 10.6. The Kier molecular flexibility index (Phi) is 7.07. The van der Waals surface area contributed by atoms with Crippen LogP contribution >= 0.6 is 0 Å². The Balaban J connectivity index is 1.84. The summed E-state index contributed by atoms with van der Waals surface area (Å²) in [6.07, 6.45) is 0.698. The zero-order chi connectivity index (χ0) is 24.6. The first kappa shape index (κ1) is 25.0. The summed E-state index contributed by atoms with van der Waals surface area (Å²) in [5.41, 5.74) is 1.57. The predicted octanol–water partition coefficient (Wildman–Crippen LogP) is 8.41. The van der Waals surface area contributed by atoms with Crippen LogP contribution in [0.2, 0.25) is 0 Å². The first-order chi connectivity index (χ1) is 15.3. The quantitative estimate of drug-likeness (QED) is 0.313. The van der Waals surface area contributed by atoms with Gasteiger partial charge < -0.3 is 0 Å². The maximum absolute atomic E-state index is 15.2. The molecule has 0 heterocycles. The maximum Gasteiger partial charge on any atom is 0.127 e. The molecule has 0 unspecified atom stereocenters. The second-order valence-electron chi connectivity index (χ2n) is 10.6. The summed E-state index contributed by atoms with van der Waals surface area (Å²) in [7, 11) is 0. The lowest BCUT2D eigenvalue weighted by atomic mass is 9.76. The van der Waals surface area contributed by atoms with Crippen molar-refractivity contribution in [3.63, 3.8) is 0 Å². The highest BCUT2D eigenvalue weighted by atomic mass is 19.1. The van der Waals surface area contributed by atoms with Gasteiger partial charge in [0, 0.05) is 0 Å². The number of benzene rings is 3. The van der Waals surface area contributed by atoms with E-state index < -0.39 is 22.5 Å². The molecule has 0 saturated carbocycles. The summed E-state index contributed by atoms with van der Waals surface area (Å²) in [4.78, 5) is 0. The molecule has 0 amide bonds. The first-order valence-corrected chi connectivity index (χ1v) is 11.3. The van der Waals surface area contributed by atoms with Crippen molar-refractivity contribution in [3.05, 3.63) is 106 Å². The molecule has 0 atom stereocenters. The highest BCUT2D eigenvalue weighted by Gasteiger charge is 2.29. The van der Waals surface area contributed by atoms with Crippen LogP contribution in [0.15, 0.2) is 54.6 Å². The van der Waals surface area contributed by atoms with Crippen molar-refractivity contribution < 1.29 is 17.6 Å². The molecule has 0 aliphatic carbocycles. The molecule has 0 aromatic heterocycles. The van der Waals surface area contributed by atoms with Gasteiger partial charge in [-0.1, -0.05) is 65.8 Å². The van der Waals surface area contributed by atoms with Crippen molar-refractivity contribution >= 4 is 0 Å². The van der Waals surface area contributed by atoms with E-state index >= 15 is 4.39 Å². The van der Waals surface area contributed by atoms with Crippen LogP contribution < -0.4 is 0 Å². The van der Waals surface area contributed by atoms with E-state index in [-0.39, 0.29) is 23.1 Å². The largest absolute Gasteiger partial charge is 0.207 e. The van der Waals surface area contributed by atoms with E-state index in [1.54, 1.807) is 18.2 Å². The van der Waals surface area contributed by atoms with E-state index in [4.69, 9.17) is 0 Å². The molecule has 176 valence electrons. The molecule has 0 bridgehead atoms. The second kappa shape index (κ2) is 9.32. The zero-order valence-electron chi connectivity index (χ0n) is 20.2. The third-order valence-electron chi connectivity index (χ3n) is 6.44. The Morgan fingerprint density at radius 1 is 0.636 bits per heavy atom. The van der Waals surface area contributed by atoms with Crippen molar-refractivity contribution in [1.82, 2.24) is 0 Å². The SMILES string of the molecule is CC(C)c1ccc(CC(C)(C)c2ccc(CC(C)(C)c3cc(F)ccc3F)cc2F)c(F)c1. The summed E-state index contributed by atoms with van der Waals surface area (Å²) in [5, 5.41) is 0. The average Bonchev–Trinajstić information content (AvgIpc) is 2.70. The van der Waals surface area contributed by atoms with Gasteiger partial charge in [-0.3, -0.25) is 0 Å². The minimum Gasteiger partial charge on any atom is -0.207 e. The van der Waals surface area contributed by atoms with Gasteiger partial charge in [0.05, 0.1) is 0 Å². The van der Waals surface area contributed by atoms with Crippen molar-refractivity contribution in [2.45, 2.75) is 71.1 Å². The lowest BCUT2D eigenvalue weighted by molar-refractivity contribution is 0.461. The van der Waals surface area contributed by atoms with Crippen LogP contribution in [0.25, 0.3) is 0 Å². The van der Waals surface area contributed by atoms with Crippen molar-refractivity contribution in [3.8, 4) is 0 Å². The lowest BCUT2D eigenvalue weighted by Gasteiger charge is -2.28. The third-order valence-corrected chi connectivity index (χ3v) is 6.44. The van der Waals surface area contributed by atoms with Gasteiger partial charge in [0.1, 0.15) is 23.3 Å². The van der Waals surface area contributed by atoms with Gasteiger partial charge in [-0.15, -0.1) is 0 Å². The summed E-state index contributed by atoms with van der Waals surface area (Å²) < 4.78 is 57.9. The van der Waals surface area contributed by atoms with Gasteiger partial charge in [0.2, 0.25) is 0 Å². The number of rotatable bonds is 7. The van der Waals surface area contributed by atoms with Gasteiger partial charge in [0.15, 0.2) is 0 Å². The Morgan fingerprint density at radius 3 is 1.91 bits per heavy atom. The average molecular weight is 457 g/mol. The minimum absolute atomic E-state index is 0.233. The highest BCUT2D eigenvalue weighted by Crippen LogP contribution is 2.34. The molecular weight excluding hydrogens is 424 g/mol.